The average molecular weight is 308 g/mol. The fourth-order valence-corrected chi connectivity index (χ4v) is 1.70. The van der Waals surface area contributed by atoms with Crippen LogP contribution in [0.2, 0.25) is 0 Å². The monoisotopic (exact) mass is 308 g/mol. The molecule has 0 heterocycles. The molecule has 0 rings (SSSR count). The number of nitrogens with zero attached hydrogens (tertiary/aromatic N) is 1. The highest BCUT2D eigenvalue weighted by atomic mass is 16.3. The second-order valence-corrected chi connectivity index (χ2v) is 4.43. The van der Waals surface area contributed by atoms with Gasteiger partial charge in [0, 0.05) is 20.5 Å². The van der Waals surface area contributed by atoms with Gasteiger partial charge in [-0.2, -0.15) is 0 Å². The number of hydrogen-bond donors (Lipinski definition) is 2. The van der Waals surface area contributed by atoms with E-state index in [-0.39, 0.29) is 36.2 Å². The normalized spacial score (nSPS) is 12.5. The fourth-order valence-electron chi connectivity index (χ4n) is 1.70. The maximum Gasteiger partial charge on any atom is 0.255 e. The highest BCUT2D eigenvalue weighted by molar-refractivity contribution is 6.03. The number of allylic oxidation sites excluding steroid dienone is 1. The van der Waals surface area contributed by atoms with Crippen molar-refractivity contribution in [2.45, 2.75) is 18.9 Å². The van der Waals surface area contributed by atoms with E-state index in [4.69, 9.17) is 0 Å². The Morgan fingerprint density at radius 3 is 2.27 bits per heavy atom. The minimum atomic E-state index is -0.848. The average Bonchev–Trinajstić information content (AvgIpc) is 2.51. The van der Waals surface area contributed by atoms with Gasteiger partial charge in [-0.3, -0.25) is 14.4 Å². The first-order valence-electron chi connectivity index (χ1n) is 6.47. The van der Waals surface area contributed by atoms with Gasteiger partial charge in [-0.25, -0.2) is 0 Å². The molecule has 0 aliphatic heterocycles. The van der Waals surface area contributed by atoms with Crippen LogP contribution in [-0.4, -0.2) is 54.5 Å². The van der Waals surface area contributed by atoms with Crippen molar-refractivity contribution in [3.05, 3.63) is 36.1 Å². The Morgan fingerprint density at radius 2 is 1.91 bits per heavy atom. The van der Waals surface area contributed by atoms with Crippen LogP contribution in [0.15, 0.2) is 36.1 Å². The molecule has 7 heteroatoms. The van der Waals surface area contributed by atoms with Crippen LogP contribution in [0.25, 0.3) is 0 Å². The first-order valence-corrected chi connectivity index (χ1v) is 6.47. The number of aliphatic hydroxyl groups is 1. The molecule has 0 spiro atoms. The Kier molecular flexibility index (Phi) is 8.14. The van der Waals surface area contributed by atoms with Crippen molar-refractivity contribution in [2.75, 3.05) is 14.1 Å². The van der Waals surface area contributed by atoms with Crippen LogP contribution < -0.4 is 5.32 Å². The van der Waals surface area contributed by atoms with Gasteiger partial charge in [0.05, 0.1) is 17.2 Å². The van der Waals surface area contributed by atoms with Crippen molar-refractivity contribution in [3.63, 3.8) is 0 Å². The van der Waals surface area contributed by atoms with E-state index >= 15 is 0 Å². The summed E-state index contributed by atoms with van der Waals surface area (Å²) >= 11 is 0. The number of aldehydes is 2. The lowest BCUT2D eigenvalue weighted by Crippen LogP contribution is -2.40. The van der Waals surface area contributed by atoms with E-state index in [2.05, 4.69) is 18.5 Å². The molecule has 0 aromatic carbocycles. The molecule has 2 amide bonds. The molecular weight excluding hydrogens is 288 g/mol. The number of amides is 2. The molecule has 0 bridgehead atoms. The second-order valence-electron chi connectivity index (χ2n) is 4.43. The van der Waals surface area contributed by atoms with Gasteiger partial charge in [0.25, 0.3) is 5.91 Å². The van der Waals surface area contributed by atoms with E-state index in [0.717, 1.165) is 11.0 Å². The molecule has 0 aromatic heterocycles. The third kappa shape index (κ3) is 5.01. The molecule has 0 fully saturated rings. The lowest BCUT2D eigenvalue weighted by atomic mass is 10.0. The smallest absolute Gasteiger partial charge is 0.255 e. The minimum absolute atomic E-state index is 0.0674. The first kappa shape index (κ1) is 19.3. The van der Waals surface area contributed by atoms with Crippen molar-refractivity contribution >= 4 is 24.4 Å². The molecule has 0 radical (unpaired) electrons. The number of carbonyl (C=O) groups excluding carboxylic acids is 4. The molecule has 0 saturated heterocycles. The highest BCUT2D eigenvalue weighted by Gasteiger charge is 2.24. The molecule has 2 N–H and O–H groups in total. The number of nitrogens with one attached hydrogen (secondary N) is 1. The van der Waals surface area contributed by atoms with E-state index in [1.54, 1.807) is 0 Å². The number of carbonyl (C=O) groups is 4. The molecule has 1 atom stereocenters. The third-order valence-electron chi connectivity index (χ3n) is 3.07. The second kappa shape index (κ2) is 9.28. The van der Waals surface area contributed by atoms with Crippen LogP contribution in [-0.2, 0) is 19.2 Å². The Labute approximate surface area is 129 Å². The molecule has 0 aliphatic carbocycles. The highest BCUT2D eigenvalue weighted by Crippen LogP contribution is 2.15. The molecular formula is C15H20N2O5. The molecule has 0 saturated carbocycles. The van der Waals surface area contributed by atoms with Crippen LogP contribution in [0.4, 0.5) is 0 Å². The van der Waals surface area contributed by atoms with E-state index in [1.165, 1.54) is 14.1 Å². The quantitative estimate of drug-likeness (QED) is 0.276. The zero-order chi connectivity index (χ0) is 17.3. The molecule has 22 heavy (non-hydrogen) atoms. The summed E-state index contributed by atoms with van der Waals surface area (Å²) in [6, 6.07) is -0.848. The van der Waals surface area contributed by atoms with Gasteiger partial charge < -0.3 is 20.1 Å². The summed E-state index contributed by atoms with van der Waals surface area (Å²) in [5, 5.41) is 11.7. The van der Waals surface area contributed by atoms with Gasteiger partial charge in [-0.05, 0) is 6.42 Å². The van der Waals surface area contributed by atoms with Crippen molar-refractivity contribution in [1.29, 1.82) is 0 Å². The summed E-state index contributed by atoms with van der Waals surface area (Å²) in [7, 11) is 2.83. The maximum absolute atomic E-state index is 12.3. The van der Waals surface area contributed by atoms with Gasteiger partial charge in [-0.1, -0.05) is 19.2 Å². The van der Waals surface area contributed by atoms with E-state index in [1.807, 2.05) is 0 Å². The number of aliphatic hydroxyl groups excluding tert-OH is 1. The zero-order valence-electron chi connectivity index (χ0n) is 12.7. The Hall–Kier alpha value is -2.70. The van der Waals surface area contributed by atoms with Crippen LogP contribution in [0.5, 0.6) is 0 Å². The van der Waals surface area contributed by atoms with Gasteiger partial charge in [0.2, 0.25) is 5.91 Å². The maximum atomic E-state index is 12.3. The van der Waals surface area contributed by atoms with Gasteiger partial charge in [0.15, 0.2) is 6.29 Å². The van der Waals surface area contributed by atoms with Crippen LogP contribution in [0.3, 0.4) is 0 Å². The van der Waals surface area contributed by atoms with E-state index in [9.17, 15) is 24.3 Å². The first-order chi connectivity index (χ1) is 10.3. The van der Waals surface area contributed by atoms with Crippen molar-refractivity contribution in [3.8, 4) is 0 Å². The summed E-state index contributed by atoms with van der Waals surface area (Å²) in [5.74, 6) is -1.51. The Bertz CT molecular complexity index is 522. The molecule has 0 aromatic rings. The summed E-state index contributed by atoms with van der Waals surface area (Å²) in [5.41, 5.74) is -0.473. The zero-order valence-corrected chi connectivity index (χ0v) is 12.7. The Balaban J connectivity index is 5.33. The summed E-state index contributed by atoms with van der Waals surface area (Å²) in [4.78, 5) is 46.7. The molecule has 0 aliphatic rings. The summed E-state index contributed by atoms with van der Waals surface area (Å²) in [6.45, 7) is 6.62. The van der Waals surface area contributed by atoms with Crippen LogP contribution in [0, 0.1) is 0 Å². The topological polar surface area (TPSA) is 104 Å². The minimum Gasteiger partial charge on any atom is -0.508 e. The lowest BCUT2D eigenvalue weighted by molar-refractivity contribution is -0.132. The van der Waals surface area contributed by atoms with Crippen LogP contribution >= 0.6 is 0 Å². The largest absolute Gasteiger partial charge is 0.508 e. The fraction of sp³-hybridized carbons (Fsp3) is 0.333. The van der Waals surface area contributed by atoms with Crippen molar-refractivity contribution < 1.29 is 24.3 Å². The van der Waals surface area contributed by atoms with Crippen molar-refractivity contribution in [2.24, 2.45) is 0 Å². The molecule has 7 nitrogen and oxygen atoms in total. The van der Waals surface area contributed by atoms with Gasteiger partial charge >= 0.3 is 0 Å². The summed E-state index contributed by atoms with van der Waals surface area (Å²) < 4.78 is 0. The SMILES string of the molecule is C=C/C(C(=O)N(C)C(C=O)CCC(=O)NC)=C(/C=O)C(=C)O. The molecule has 120 valence electrons. The third-order valence-corrected chi connectivity index (χ3v) is 3.07. The van der Waals surface area contributed by atoms with Gasteiger partial charge in [0.1, 0.15) is 12.0 Å². The van der Waals surface area contributed by atoms with Crippen LogP contribution in [0.1, 0.15) is 12.8 Å². The van der Waals surface area contributed by atoms with Crippen molar-refractivity contribution in [1.82, 2.24) is 10.2 Å². The lowest BCUT2D eigenvalue weighted by Gasteiger charge is -2.24. The van der Waals surface area contributed by atoms with E-state index < -0.39 is 17.7 Å². The summed E-state index contributed by atoms with van der Waals surface area (Å²) in [6.07, 6.45) is 2.12. The predicted molar refractivity (Wildman–Crippen MR) is 81.0 cm³/mol. The Morgan fingerprint density at radius 1 is 1.32 bits per heavy atom. The number of rotatable bonds is 9. The standard InChI is InChI=1S/C15H20N2O5/c1-5-12(13(9-19)10(2)20)15(22)17(4)11(8-18)6-7-14(21)16-3/h5,8-9,11,20H,1-2,6-7H2,3-4H3,(H,16,21)/b13-12+. The van der Waals surface area contributed by atoms with Gasteiger partial charge in [-0.15, -0.1) is 0 Å². The molecule has 1 unspecified atom stereocenters. The number of hydrogen-bond acceptors (Lipinski definition) is 5. The van der Waals surface area contributed by atoms with E-state index in [0.29, 0.717) is 6.29 Å². The predicted octanol–water partition coefficient (Wildman–Crippen LogP) is 0.292. The number of likely N-dealkylation sites (N-methyl/N-ethyl adjacent to an activating group) is 1.